The highest BCUT2D eigenvalue weighted by Gasteiger charge is 2.20. The minimum absolute atomic E-state index is 0. The van der Waals surface area contributed by atoms with Gasteiger partial charge >= 0.3 is 0 Å². The third-order valence-electron chi connectivity index (χ3n) is 2.85. The van der Waals surface area contributed by atoms with Gasteiger partial charge in [0.1, 0.15) is 11.6 Å². The summed E-state index contributed by atoms with van der Waals surface area (Å²) < 4.78 is 18.0. The maximum absolute atomic E-state index is 13.0. The van der Waals surface area contributed by atoms with Gasteiger partial charge in [0, 0.05) is 6.07 Å². The van der Waals surface area contributed by atoms with Crippen LogP contribution in [0.15, 0.2) is 18.2 Å². The van der Waals surface area contributed by atoms with Gasteiger partial charge in [-0.15, -0.1) is 12.4 Å². The van der Waals surface area contributed by atoms with Gasteiger partial charge in [-0.3, -0.25) is 4.79 Å². The maximum Gasteiger partial charge on any atom is 0.238 e. The van der Waals surface area contributed by atoms with Crippen LogP contribution in [0.3, 0.4) is 0 Å². The van der Waals surface area contributed by atoms with Crippen molar-refractivity contribution in [3.63, 3.8) is 0 Å². The van der Waals surface area contributed by atoms with Gasteiger partial charge in [0.05, 0.1) is 19.3 Å². The van der Waals surface area contributed by atoms with Gasteiger partial charge in [-0.25, -0.2) is 4.39 Å². The van der Waals surface area contributed by atoms with E-state index in [-0.39, 0.29) is 24.9 Å². The van der Waals surface area contributed by atoms with Crippen molar-refractivity contribution in [2.45, 2.75) is 12.8 Å². The molecule has 1 saturated carbocycles. The number of methoxy groups -OCH3 is 1. The first-order valence-corrected chi connectivity index (χ1v) is 6.03. The number of rotatable bonds is 6. The lowest BCUT2D eigenvalue weighted by Gasteiger charge is -2.10. The fraction of sp³-hybridized carbons (Fsp3) is 0.462. The van der Waals surface area contributed by atoms with E-state index in [0.29, 0.717) is 11.4 Å². The van der Waals surface area contributed by atoms with Crippen molar-refractivity contribution >= 4 is 24.0 Å². The predicted octanol–water partition coefficient (Wildman–Crippen LogP) is 2.19. The molecule has 0 spiro atoms. The van der Waals surface area contributed by atoms with Crippen molar-refractivity contribution in [1.29, 1.82) is 0 Å². The summed E-state index contributed by atoms with van der Waals surface area (Å²) in [7, 11) is 1.44. The highest BCUT2D eigenvalue weighted by Crippen LogP contribution is 2.27. The molecule has 2 rings (SSSR count). The molecular formula is C13H18ClFN2O2. The zero-order chi connectivity index (χ0) is 13.0. The first-order chi connectivity index (χ1) is 8.69. The van der Waals surface area contributed by atoms with Gasteiger partial charge < -0.3 is 15.4 Å². The predicted molar refractivity (Wildman–Crippen MR) is 74.4 cm³/mol. The number of amides is 1. The van der Waals surface area contributed by atoms with Gasteiger partial charge in [-0.2, -0.15) is 0 Å². The highest BCUT2D eigenvalue weighted by atomic mass is 35.5. The van der Waals surface area contributed by atoms with Gasteiger partial charge in [0.25, 0.3) is 0 Å². The second-order valence-electron chi connectivity index (χ2n) is 4.47. The number of hydrogen-bond donors (Lipinski definition) is 2. The Morgan fingerprint density at radius 1 is 1.47 bits per heavy atom. The molecule has 0 atom stereocenters. The molecule has 1 aromatic rings. The summed E-state index contributed by atoms with van der Waals surface area (Å²) in [6.07, 6.45) is 2.50. The number of benzene rings is 1. The van der Waals surface area contributed by atoms with Crippen LogP contribution in [0.4, 0.5) is 10.1 Å². The molecule has 4 nitrogen and oxygen atoms in total. The molecule has 0 unspecified atom stereocenters. The zero-order valence-electron chi connectivity index (χ0n) is 10.7. The fourth-order valence-electron chi connectivity index (χ4n) is 1.67. The monoisotopic (exact) mass is 288 g/mol. The molecule has 1 aliphatic rings. The summed E-state index contributed by atoms with van der Waals surface area (Å²) in [6.45, 7) is 1.14. The summed E-state index contributed by atoms with van der Waals surface area (Å²) in [5, 5.41) is 5.78. The van der Waals surface area contributed by atoms with Gasteiger partial charge in [0.2, 0.25) is 5.91 Å². The van der Waals surface area contributed by atoms with Crippen molar-refractivity contribution in [1.82, 2.24) is 5.32 Å². The Labute approximate surface area is 118 Å². The number of nitrogens with one attached hydrogen (secondary N) is 2. The number of anilines is 1. The topological polar surface area (TPSA) is 50.4 Å². The number of ether oxygens (including phenoxy) is 1. The van der Waals surface area contributed by atoms with Crippen LogP contribution in [0.5, 0.6) is 5.75 Å². The standard InChI is InChI=1S/C13H17FN2O2.ClH/c1-18-12-6-10(14)4-5-11(12)16-13(17)8-15-7-9-2-3-9;/h4-6,9,15H,2-3,7-8H2,1H3,(H,16,17);1H. The molecule has 0 saturated heterocycles. The third kappa shape index (κ3) is 5.04. The zero-order valence-corrected chi connectivity index (χ0v) is 11.6. The summed E-state index contributed by atoms with van der Waals surface area (Å²) in [5.41, 5.74) is 0.483. The minimum atomic E-state index is -0.392. The third-order valence-corrected chi connectivity index (χ3v) is 2.85. The lowest BCUT2D eigenvalue weighted by Crippen LogP contribution is -2.29. The average molecular weight is 289 g/mol. The SMILES string of the molecule is COc1cc(F)ccc1NC(=O)CNCC1CC1.Cl. The summed E-state index contributed by atoms with van der Waals surface area (Å²) in [5.74, 6) is 0.515. The molecule has 1 fully saturated rings. The molecule has 0 heterocycles. The molecular weight excluding hydrogens is 271 g/mol. The Morgan fingerprint density at radius 2 is 2.21 bits per heavy atom. The van der Waals surface area contributed by atoms with Crippen LogP contribution >= 0.6 is 12.4 Å². The number of hydrogen-bond acceptors (Lipinski definition) is 3. The van der Waals surface area contributed by atoms with E-state index in [9.17, 15) is 9.18 Å². The average Bonchev–Trinajstić information content (AvgIpc) is 3.15. The molecule has 0 bridgehead atoms. The van der Waals surface area contributed by atoms with E-state index in [4.69, 9.17) is 4.74 Å². The van der Waals surface area contributed by atoms with Crippen molar-refractivity contribution in [3.05, 3.63) is 24.0 Å². The summed E-state index contributed by atoms with van der Waals surface area (Å²) in [6, 6.07) is 4.02. The van der Waals surface area contributed by atoms with E-state index in [1.54, 1.807) is 0 Å². The van der Waals surface area contributed by atoms with Crippen molar-refractivity contribution < 1.29 is 13.9 Å². The van der Waals surface area contributed by atoms with Gasteiger partial charge in [-0.05, 0) is 37.4 Å². The Hall–Kier alpha value is -1.33. The quantitative estimate of drug-likeness (QED) is 0.844. The lowest BCUT2D eigenvalue weighted by molar-refractivity contribution is -0.115. The number of carbonyl (C=O) groups excluding carboxylic acids is 1. The van der Waals surface area contributed by atoms with Gasteiger partial charge in [-0.1, -0.05) is 0 Å². The van der Waals surface area contributed by atoms with Crippen LogP contribution in [0, 0.1) is 11.7 Å². The van der Waals surface area contributed by atoms with Gasteiger partial charge in [0.15, 0.2) is 0 Å². The lowest BCUT2D eigenvalue weighted by atomic mass is 10.3. The largest absolute Gasteiger partial charge is 0.494 e. The van der Waals surface area contributed by atoms with E-state index in [1.807, 2.05) is 0 Å². The van der Waals surface area contributed by atoms with Crippen molar-refractivity contribution in [2.75, 3.05) is 25.5 Å². The van der Waals surface area contributed by atoms with E-state index in [1.165, 1.54) is 38.2 Å². The maximum atomic E-state index is 13.0. The van der Waals surface area contributed by atoms with Crippen LogP contribution in [-0.4, -0.2) is 26.1 Å². The molecule has 2 N–H and O–H groups in total. The highest BCUT2D eigenvalue weighted by molar-refractivity contribution is 5.93. The Balaban J connectivity index is 0.00000180. The molecule has 6 heteroatoms. The molecule has 1 aromatic carbocycles. The molecule has 1 amide bonds. The molecule has 106 valence electrons. The molecule has 0 aromatic heterocycles. The molecule has 0 radical (unpaired) electrons. The van der Waals surface area contributed by atoms with Crippen LogP contribution in [0.1, 0.15) is 12.8 Å². The van der Waals surface area contributed by atoms with Crippen LogP contribution in [0.25, 0.3) is 0 Å². The summed E-state index contributed by atoms with van der Waals surface area (Å²) in [4.78, 5) is 11.6. The Morgan fingerprint density at radius 3 is 2.84 bits per heavy atom. The first-order valence-electron chi connectivity index (χ1n) is 6.03. The Kier molecular flexibility index (Phi) is 6.05. The van der Waals surface area contributed by atoms with Crippen molar-refractivity contribution in [2.24, 2.45) is 5.92 Å². The number of halogens is 2. The van der Waals surface area contributed by atoms with E-state index >= 15 is 0 Å². The van der Waals surface area contributed by atoms with E-state index < -0.39 is 5.82 Å². The minimum Gasteiger partial charge on any atom is -0.494 e. The van der Waals surface area contributed by atoms with E-state index in [2.05, 4.69) is 10.6 Å². The number of carbonyl (C=O) groups is 1. The van der Waals surface area contributed by atoms with Crippen LogP contribution in [-0.2, 0) is 4.79 Å². The molecule has 19 heavy (non-hydrogen) atoms. The van der Waals surface area contributed by atoms with Crippen LogP contribution in [0.2, 0.25) is 0 Å². The first kappa shape index (κ1) is 15.7. The smallest absolute Gasteiger partial charge is 0.238 e. The second kappa shape index (κ2) is 7.31. The fourth-order valence-corrected chi connectivity index (χ4v) is 1.67. The summed E-state index contributed by atoms with van der Waals surface area (Å²) >= 11 is 0. The molecule has 0 aliphatic heterocycles. The van der Waals surface area contributed by atoms with Crippen molar-refractivity contribution in [3.8, 4) is 5.75 Å². The van der Waals surface area contributed by atoms with E-state index in [0.717, 1.165) is 12.5 Å². The Bertz CT molecular complexity index is 439. The molecule has 1 aliphatic carbocycles. The second-order valence-corrected chi connectivity index (χ2v) is 4.47. The normalized spacial score (nSPS) is 13.6. The van der Waals surface area contributed by atoms with Crippen LogP contribution < -0.4 is 15.4 Å².